The second kappa shape index (κ2) is 12.9. The van der Waals surface area contributed by atoms with E-state index in [0.717, 1.165) is 0 Å². The molecule has 0 unspecified atom stereocenters. The predicted octanol–water partition coefficient (Wildman–Crippen LogP) is -5.77. The second-order valence-corrected chi connectivity index (χ2v) is 1.90. The zero-order chi connectivity index (χ0) is 10.3. The quantitative estimate of drug-likeness (QED) is 0.468. The zero-order valence-electron chi connectivity index (χ0n) is 8.14. The van der Waals surface area contributed by atoms with E-state index in [9.17, 15) is 9.90 Å². The molecule has 0 spiro atoms. The second-order valence-electron chi connectivity index (χ2n) is 1.90. The van der Waals surface area contributed by atoms with Crippen molar-refractivity contribution in [3.8, 4) is 0 Å². The molecule has 1 rings (SSSR count). The first-order valence-corrected chi connectivity index (χ1v) is 3.18. The van der Waals surface area contributed by atoms with Crippen molar-refractivity contribution in [2.75, 3.05) is 0 Å². The first kappa shape index (κ1) is 21.2. The summed E-state index contributed by atoms with van der Waals surface area (Å²) < 4.78 is 0. The SMILES string of the molecule is O=C([O-])[O-].O=C([O-])c1ccccc1.[Ca+2].[K+]. The van der Waals surface area contributed by atoms with Crippen LogP contribution in [0.15, 0.2) is 30.3 Å². The number of carbonyl (C=O) groups is 2. The number of hydrogen-bond donors (Lipinski definition) is 0. The molecule has 0 aliphatic heterocycles. The van der Waals surface area contributed by atoms with Gasteiger partial charge in [0.05, 0.1) is 5.97 Å². The molecule has 7 heteroatoms. The van der Waals surface area contributed by atoms with E-state index >= 15 is 0 Å². The van der Waals surface area contributed by atoms with Crippen LogP contribution in [-0.4, -0.2) is 49.9 Å². The van der Waals surface area contributed by atoms with E-state index in [0.29, 0.717) is 0 Å². The average molecular weight is 260 g/mol. The fraction of sp³-hybridized carbons (Fsp3) is 0. The van der Waals surface area contributed by atoms with Crippen molar-refractivity contribution in [1.29, 1.82) is 0 Å². The van der Waals surface area contributed by atoms with Gasteiger partial charge >= 0.3 is 89.1 Å². The molecule has 0 bridgehead atoms. The summed E-state index contributed by atoms with van der Waals surface area (Å²) in [5.41, 5.74) is 0.220. The van der Waals surface area contributed by atoms with Gasteiger partial charge in [0.1, 0.15) is 0 Å². The summed E-state index contributed by atoms with van der Waals surface area (Å²) in [6.07, 6.45) is -2.33. The average Bonchev–Trinajstić information content (AvgIpc) is 2.05. The van der Waals surface area contributed by atoms with Gasteiger partial charge in [0, 0.05) is 0 Å². The molecule has 70 valence electrons. The Morgan fingerprint density at radius 2 is 1.27 bits per heavy atom. The molecule has 0 N–H and O–H groups in total. The Bertz CT molecular complexity index is 286. The fourth-order valence-electron chi connectivity index (χ4n) is 0.574. The van der Waals surface area contributed by atoms with Crippen LogP contribution in [0, 0.1) is 0 Å². The molecule has 0 aliphatic rings. The standard InChI is InChI=1S/C7H6O2.CH2O3.Ca.K/c8-7(9)6-4-2-1-3-5-6;2-1(3)4;;/h1-5H,(H,8,9);(H2,2,3,4);;/q;;+2;+1/p-3. The minimum atomic E-state index is -2.33. The Morgan fingerprint density at radius 3 is 1.47 bits per heavy atom. The van der Waals surface area contributed by atoms with Gasteiger partial charge in [0.15, 0.2) is 0 Å². The fourth-order valence-corrected chi connectivity index (χ4v) is 0.574. The van der Waals surface area contributed by atoms with Crippen LogP contribution in [0.4, 0.5) is 4.79 Å². The molecular weight excluding hydrogens is 255 g/mol. The molecule has 0 aromatic heterocycles. The van der Waals surface area contributed by atoms with Gasteiger partial charge < -0.3 is 24.9 Å². The first-order chi connectivity index (χ1) is 6.04. The van der Waals surface area contributed by atoms with Crippen molar-refractivity contribution in [2.24, 2.45) is 0 Å². The van der Waals surface area contributed by atoms with Crippen molar-refractivity contribution >= 4 is 49.9 Å². The van der Waals surface area contributed by atoms with Gasteiger partial charge in [-0.15, -0.1) is 0 Å². The summed E-state index contributed by atoms with van der Waals surface area (Å²) in [6.45, 7) is 0. The number of benzene rings is 1. The van der Waals surface area contributed by atoms with Gasteiger partial charge in [-0.3, -0.25) is 0 Å². The van der Waals surface area contributed by atoms with Crippen LogP contribution in [0.3, 0.4) is 0 Å². The third-order valence-corrected chi connectivity index (χ3v) is 1.01. The molecule has 15 heavy (non-hydrogen) atoms. The number of carbonyl (C=O) groups excluding carboxylic acids is 2. The molecule has 1 aromatic rings. The molecule has 0 saturated carbocycles. The predicted molar refractivity (Wildman–Crippen MR) is 41.9 cm³/mol. The van der Waals surface area contributed by atoms with Crippen LogP contribution >= 0.6 is 0 Å². The van der Waals surface area contributed by atoms with Gasteiger partial charge in [-0.25, -0.2) is 0 Å². The molecule has 0 aliphatic carbocycles. The summed E-state index contributed by atoms with van der Waals surface area (Å²) in [6, 6.07) is 8.06. The maximum atomic E-state index is 10.1. The Morgan fingerprint density at radius 1 is 0.933 bits per heavy atom. The van der Waals surface area contributed by atoms with E-state index < -0.39 is 12.1 Å². The third-order valence-electron chi connectivity index (χ3n) is 1.01. The zero-order valence-corrected chi connectivity index (χ0v) is 13.5. The monoisotopic (exact) mass is 260 g/mol. The minimum Gasteiger partial charge on any atom is -0.652 e. The first-order valence-electron chi connectivity index (χ1n) is 3.18. The third kappa shape index (κ3) is 14.9. The van der Waals surface area contributed by atoms with Crippen molar-refractivity contribution in [1.82, 2.24) is 0 Å². The topological polar surface area (TPSA) is 103 Å². The number of carboxylic acid groups (broad SMARTS) is 3. The van der Waals surface area contributed by atoms with E-state index in [1.54, 1.807) is 18.2 Å². The molecular formula is C8H5CaKO5. The van der Waals surface area contributed by atoms with E-state index in [-0.39, 0.29) is 94.7 Å². The maximum Gasteiger partial charge on any atom is 2.00 e. The summed E-state index contributed by atoms with van der Waals surface area (Å²) >= 11 is 0. The Hall–Kier alpha value is 0.856. The number of hydrogen-bond acceptors (Lipinski definition) is 5. The summed E-state index contributed by atoms with van der Waals surface area (Å²) in [4.78, 5) is 18.4. The van der Waals surface area contributed by atoms with Gasteiger partial charge in [0.25, 0.3) is 0 Å². The van der Waals surface area contributed by atoms with Crippen molar-refractivity contribution in [3.63, 3.8) is 0 Å². The normalized spacial score (nSPS) is 6.93. The van der Waals surface area contributed by atoms with Crippen LogP contribution in [0.5, 0.6) is 0 Å². The van der Waals surface area contributed by atoms with Gasteiger partial charge in [-0.1, -0.05) is 30.3 Å². The van der Waals surface area contributed by atoms with Crippen LogP contribution in [0.2, 0.25) is 0 Å². The molecule has 0 radical (unpaired) electrons. The Labute approximate surface area is 159 Å². The molecule has 0 atom stereocenters. The summed E-state index contributed by atoms with van der Waals surface area (Å²) in [5, 5.41) is 26.8. The van der Waals surface area contributed by atoms with Crippen molar-refractivity contribution in [3.05, 3.63) is 35.9 Å². The van der Waals surface area contributed by atoms with Crippen molar-refractivity contribution in [2.45, 2.75) is 0 Å². The number of carboxylic acids is 1. The summed E-state index contributed by atoms with van der Waals surface area (Å²) in [5.74, 6) is -1.13. The molecule has 0 amide bonds. The van der Waals surface area contributed by atoms with E-state index in [4.69, 9.17) is 15.0 Å². The number of aromatic carboxylic acids is 1. The maximum absolute atomic E-state index is 10.1. The molecule has 0 saturated heterocycles. The van der Waals surface area contributed by atoms with Crippen LogP contribution < -0.4 is 66.7 Å². The Balaban J connectivity index is -0.000000213. The van der Waals surface area contributed by atoms with Crippen molar-refractivity contribution < 1.29 is 76.3 Å². The van der Waals surface area contributed by atoms with Gasteiger partial charge in [0.2, 0.25) is 0 Å². The number of rotatable bonds is 1. The van der Waals surface area contributed by atoms with Crippen LogP contribution in [0.25, 0.3) is 0 Å². The van der Waals surface area contributed by atoms with E-state index in [1.165, 1.54) is 12.1 Å². The van der Waals surface area contributed by atoms with Crippen LogP contribution in [-0.2, 0) is 0 Å². The van der Waals surface area contributed by atoms with Crippen LogP contribution in [0.1, 0.15) is 10.4 Å². The van der Waals surface area contributed by atoms with E-state index in [1.807, 2.05) is 0 Å². The van der Waals surface area contributed by atoms with E-state index in [2.05, 4.69) is 0 Å². The van der Waals surface area contributed by atoms with Gasteiger partial charge in [-0.2, -0.15) is 0 Å². The molecule has 0 heterocycles. The molecule has 5 nitrogen and oxygen atoms in total. The Kier molecular flexibility index (Phi) is 18.2. The smallest absolute Gasteiger partial charge is 0.652 e. The molecule has 0 fully saturated rings. The molecule has 1 aromatic carbocycles. The largest absolute Gasteiger partial charge is 2.00 e. The summed E-state index contributed by atoms with van der Waals surface area (Å²) in [7, 11) is 0. The van der Waals surface area contributed by atoms with Gasteiger partial charge in [-0.05, 0) is 11.7 Å². The minimum absolute atomic E-state index is 0.